The molecule has 1 aliphatic heterocycles. The van der Waals surface area contributed by atoms with Crippen LogP contribution in [0, 0.1) is 0 Å². The Kier molecular flexibility index (Phi) is 3.37. The fourth-order valence-electron chi connectivity index (χ4n) is 4.90. The molecule has 2 heterocycles. The molecule has 1 aromatic heterocycles. The van der Waals surface area contributed by atoms with Crippen molar-refractivity contribution in [2.45, 2.75) is 55.9 Å². The number of nitrogens with one attached hydrogen (secondary N) is 2. The highest BCUT2D eigenvalue weighted by Crippen LogP contribution is 2.47. The Bertz CT molecular complexity index is 1070. The van der Waals surface area contributed by atoms with Gasteiger partial charge in [-0.1, -0.05) is 18.2 Å². The van der Waals surface area contributed by atoms with Crippen molar-refractivity contribution in [3.63, 3.8) is 0 Å². The van der Waals surface area contributed by atoms with Crippen molar-refractivity contribution in [3.8, 4) is 0 Å². The minimum atomic E-state index is -0.344. The van der Waals surface area contributed by atoms with Gasteiger partial charge in [0.2, 0.25) is 5.91 Å². The Labute approximate surface area is 163 Å². The summed E-state index contributed by atoms with van der Waals surface area (Å²) >= 11 is 0. The highest BCUT2D eigenvalue weighted by Gasteiger charge is 2.48. The highest BCUT2D eigenvalue weighted by molar-refractivity contribution is 6.06. The molecule has 2 aromatic carbocycles. The molecule has 1 spiro atoms. The van der Waals surface area contributed by atoms with Crippen molar-refractivity contribution < 1.29 is 9.21 Å². The normalized spacial score (nSPS) is 26.4. The predicted molar refractivity (Wildman–Crippen MR) is 109 cm³/mol. The van der Waals surface area contributed by atoms with Crippen molar-refractivity contribution >= 4 is 28.4 Å². The molecule has 5 heteroatoms. The lowest BCUT2D eigenvalue weighted by Gasteiger charge is -2.36. The van der Waals surface area contributed by atoms with Gasteiger partial charge in [0.05, 0.1) is 5.41 Å². The van der Waals surface area contributed by atoms with E-state index < -0.39 is 0 Å². The second-order valence-electron chi connectivity index (χ2n) is 8.51. The van der Waals surface area contributed by atoms with Crippen LogP contribution >= 0.6 is 0 Å². The quantitative estimate of drug-likeness (QED) is 0.682. The van der Waals surface area contributed by atoms with Crippen molar-refractivity contribution in [3.05, 3.63) is 53.9 Å². The fourth-order valence-corrected chi connectivity index (χ4v) is 4.90. The molecule has 0 saturated heterocycles. The lowest BCUT2D eigenvalue weighted by Crippen LogP contribution is -2.41. The van der Waals surface area contributed by atoms with Gasteiger partial charge >= 0.3 is 0 Å². The predicted octanol–water partition coefficient (Wildman–Crippen LogP) is 4.95. The lowest BCUT2D eigenvalue weighted by atomic mass is 9.69. The van der Waals surface area contributed by atoms with E-state index in [1.54, 1.807) is 0 Å². The van der Waals surface area contributed by atoms with Crippen LogP contribution in [0.15, 0.2) is 46.9 Å². The van der Waals surface area contributed by atoms with Gasteiger partial charge < -0.3 is 15.1 Å². The van der Waals surface area contributed by atoms with E-state index in [1.807, 2.05) is 24.3 Å². The molecule has 0 unspecified atom stereocenters. The number of oxazole rings is 1. The summed E-state index contributed by atoms with van der Waals surface area (Å²) in [6.45, 7) is 0. The Morgan fingerprint density at radius 1 is 1.07 bits per heavy atom. The standard InChI is InChI=1S/C23H23N3O2/c27-22-23(17-3-1-2-4-18(17)26-22)11-9-15(10-12-23)24-16-7-8-19-20(13-16)28-21(25-19)14-5-6-14/h1-4,7-8,13-15,24H,5-6,9-12H2,(H,26,27). The Morgan fingerprint density at radius 2 is 1.89 bits per heavy atom. The number of benzene rings is 2. The van der Waals surface area contributed by atoms with Gasteiger partial charge in [-0.25, -0.2) is 4.98 Å². The smallest absolute Gasteiger partial charge is 0.235 e. The van der Waals surface area contributed by atoms with E-state index in [1.165, 1.54) is 18.4 Å². The van der Waals surface area contributed by atoms with Crippen LogP contribution in [0.3, 0.4) is 0 Å². The minimum absolute atomic E-state index is 0.169. The zero-order valence-electron chi connectivity index (χ0n) is 15.7. The number of rotatable bonds is 3. The molecule has 0 bridgehead atoms. The summed E-state index contributed by atoms with van der Waals surface area (Å²) in [6, 6.07) is 14.7. The summed E-state index contributed by atoms with van der Waals surface area (Å²) < 4.78 is 5.95. The van der Waals surface area contributed by atoms with Crippen molar-refractivity contribution in [1.82, 2.24) is 4.98 Å². The van der Waals surface area contributed by atoms with Crippen molar-refractivity contribution in [2.75, 3.05) is 10.6 Å². The van der Waals surface area contributed by atoms with E-state index in [0.29, 0.717) is 12.0 Å². The topological polar surface area (TPSA) is 67.2 Å². The zero-order chi connectivity index (χ0) is 18.7. The second kappa shape index (κ2) is 5.84. The number of amides is 1. The number of para-hydroxylation sites is 1. The molecule has 2 N–H and O–H groups in total. The average Bonchev–Trinajstić information content (AvgIpc) is 3.42. The van der Waals surface area contributed by atoms with Gasteiger partial charge in [0.25, 0.3) is 0 Å². The Hall–Kier alpha value is -2.82. The molecule has 142 valence electrons. The maximum absolute atomic E-state index is 12.7. The molecular formula is C23H23N3O2. The summed E-state index contributed by atoms with van der Waals surface area (Å²) in [5.41, 5.74) is 4.69. The van der Waals surface area contributed by atoms with Gasteiger partial charge in [0, 0.05) is 29.4 Å². The third kappa shape index (κ3) is 2.45. The van der Waals surface area contributed by atoms with Crippen LogP contribution in [0.2, 0.25) is 0 Å². The minimum Gasteiger partial charge on any atom is -0.440 e. The van der Waals surface area contributed by atoms with Crippen LogP contribution in [0.25, 0.3) is 11.1 Å². The molecule has 2 aliphatic carbocycles. The first-order valence-corrected chi connectivity index (χ1v) is 10.3. The number of carbonyl (C=O) groups is 1. The van der Waals surface area contributed by atoms with Crippen molar-refractivity contribution in [1.29, 1.82) is 0 Å². The van der Waals surface area contributed by atoms with Gasteiger partial charge in [-0.05, 0) is 62.3 Å². The fraction of sp³-hybridized carbons (Fsp3) is 0.391. The van der Waals surface area contributed by atoms with Crippen molar-refractivity contribution in [2.24, 2.45) is 0 Å². The first-order chi connectivity index (χ1) is 13.7. The van der Waals surface area contributed by atoms with E-state index in [4.69, 9.17) is 4.42 Å². The van der Waals surface area contributed by atoms with Crippen LogP contribution < -0.4 is 10.6 Å². The SMILES string of the molecule is O=C1Nc2ccccc2C12CCC(Nc1ccc3nc(C4CC4)oc3c1)CC2. The molecule has 3 aromatic rings. The van der Waals surface area contributed by atoms with E-state index in [9.17, 15) is 4.79 Å². The summed E-state index contributed by atoms with van der Waals surface area (Å²) in [7, 11) is 0. The van der Waals surface area contributed by atoms with Crippen LogP contribution in [0.5, 0.6) is 0 Å². The summed E-state index contributed by atoms with van der Waals surface area (Å²) in [4.78, 5) is 17.3. The van der Waals surface area contributed by atoms with Gasteiger partial charge in [0.1, 0.15) is 5.52 Å². The summed E-state index contributed by atoms with van der Waals surface area (Å²) in [6.07, 6.45) is 6.09. The average molecular weight is 373 g/mol. The summed E-state index contributed by atoms with van der Waals surface area (Å²) in [5.74, 6) is 1.58. The molecule has 0 atom stereocenters. The molecule has 3 aliphatic rings. The maximum atomic E-state index is 12.7. The second-order valence-corrected chi connectivity index (χ2v) is 8.51. The lowest BCUT2D eigenvalue weighted by molar-refractivity contribution is -0.122. The van der Waals surface area contributed by atoms with Gasteiger partial charge in [-0.3, -0.25) is 4.79 Å². The Balaban J connectivity index is 1.19. The molecule has 6 rings (SSSR count). The summed E-state index contributed by atoms with van der Waals surface area (Å²) in [5, 5.41) is 6.73. The van der Waals surface area contributed by atoms with Crippen LogP contribution in [0.1, 0.15) is 55.9 Å². The molecular weight excluding hydrogens is 350 g/mol. The molecule has 2 fully saturated rings. The molecule has 2 saturated carbocycles. The Morgan fingerprint density at radius 3 is 2.71 bits per heavy atom. The first kappa shape index (κ1) is 16.2. The highest BCUT2D eigenvalue weighted by atomic mass is 16.3. The zero-order valence-corrected chi connectivity index (χ0v) is 15.7. The van der Waals surface area contributed by atoms with E-state index in [2.05, 4.69) is 33.8 Å². The van der Waals surface area contributed by atoms with Crippen LogP contribution in [-0.2, 0) is 10.2 Å². The number of hydrogen-bond donors (Lipinski definition) is 2. The number of aromatic nitrogens is 1. The number of anilines is 2. The van der Waals surface area contributed by atoms with Crippen LogP contribution in [-0.4, -0.2) is 16.9 Å². The van der Waals surface area contributed by atoms with Crippen LogP contribution in [0.4, 0.5) is 11.4 Å². The first-order valence-electron chi connectivity index (χ1n) is 10.3. The van der Waals surface area contributed by atoms with E-state index in [0.717, 1.165) is 54.0 Å². The maximum Gasteiger partial charge on any atom is 0.235 e. The van der Waals surface area contributed by atoms with E-state index >= 15 is 0 Å². The number of carbonyl (C=O) groups excluding carboxylic acids is 1. The molecule has 28 heavy (non-hydrogen) atoms. The largest absolute Gasteiger partial charge is 0.440 e. The van der Waals surface area contributed by atoms with E-state index in [-0.39, 0.29) is 11.3 Å². The number of fused-ring (bicyclic) bond motifs is 3. The molecule has 1 amide bonds. The number of hydrogen-bond acceptors (Lipinski definition) is 4. The molecule has 5 nitrogen and oxygen atoms in total. The van der Waals surface area contributed by atoms with Gasteiger partial charge in [0.15, 0.2) is 11.5 Å². The van der Waals surface area contributed by atoms with Gasteiger partial charge in [-0.15, -0.1) is 0 Å². The third-order valence-electron chi connectivity index (χ3n) is 6.67. The molecule has 0 radical (unpaired) electrons. The third-order valence-corrected chi connectivity index (χ3v) is 6.67. The number of nitrogens with zero attached hydrogens (tertiary/aromatic N) is 1. The van der Waals surface area contributed by atoms with Gasteiger partial charge in [-0.2, -0.15) is 0 Å². The monoisotopic (exact) mass is 373 g/mol.